The molecule has 7 rings (SSSR count). The molecule has 2 aromatic carbocycles. The highest BCUT2D eigenvalue weighted by atomic mass is 16.5. The second kappa shape index (κ2) is 10.7. The maximum atomic E-state index is 5.98. The first-order chi connectivity index (χ1) is 19.3. The third-order valence-corrected chi connectivity index (χ3v) is 8.26. The number of hydrogen-bond donors (Lipinski definition) is 2. The van der Waals surface area contributed by atoms with Crippen molar-refractivity contribution in [2.24, 2.45) is 11.8 Å². The van der Waals surface area contributed by atoms with Crippen molar-refractivity contribution < 1.29 is 4.74 Å². The average molecular weight is 522 g/mol. The van der Waals surface area contributed by atoms with Crippen molar-refractivity contribution in [1.29, 1.82) is 0 Å². The van der Waals surface area contributed by atoms with Gasteiger partial charge in [0.15, 0.2) is 5.65 Å². The summed E-state index contributed by atoms with van der Waals surface area (Å²) < 4.78 is 7.94. The molecular weight excluding hydrogens is 486 g/mol. The van der Waals surface area contributed by atoms with E-state index in [-0.39, 0.29) is 0 Å². The Kier molecular flexibility index (Phi) is 6.62. The van der Waals surface area contributed by atoms with Gasteiger partial charge in [0.05, 0.1) is 18.1 Å². The Labute approximate surface area is 229 Å². The number of anilines is 3. The molecule has 0 amide bonds. The third kappa shape index (κ3) is 5.34. The normalized spacial score (nSPS) is 22.1. The second-order valence-corrected chi connectivity index (χ2v) is 11.0. The van der Waals surface area contributed by atoms with Gasteiger partial charge in [0.2, 0.25) is 5.95 Å². The van der Waals surface area contributed by atoms with Crippen LogP contribution in [-0.4, -0.2) is 56.9 Å². The second-order valence-electron chi connectivity index (χ2n) is 11.0. The molecule has 4 aromatic rings. The van der Waals surface area contributed by atoms with Gasteiger partial charge in [-0.15, -0.1) is 0 Å². The van der Waals surface area contributed by atoms with Crippen molar-refractivity contribution in [3.05, 3.63) is 78.5 Å². The maximum absolute atomic E-state index is 5.98. The molecule has 8 nitrogen and oxygen atoms in total. The summed E-state index contributed by atoms with van der Waals surface area (Å²) in [6.07, 6.45) is 11.6. The first-order valence-corrected chi connectivity index (χ1v) is 14.2. The van der Waals surface area contributed by atoms with E-state index in [1.165, 1.54) is 37.9 Å². The van der Waals surface area contributed by atoms with Gasteiger partial charge in [-0.3, -0.25) is 4.90 Å². The van der Waals surface area contributed by atoms with Gasteiger partial charge in [0.1, 0.15) is 18.2 Å². The number of ether oxygens (including phenoxy) is 1. The zero-order chi connectivity index (χ0) is 26.0. The summed E-state index contributed by atoms with van der Waals surface area (Å²) in [5.41, 5.74) is 2.92. The molecule has 1 saturated carbocycles. The molecule has 0 radical (unpaired) electrons. The minimum atomic E-state index is 0.389. The van der Waals surface area contributed by atoms with Crippen LogP contribution in [0.3, 0.4) is 0 Å². The Balaban J connectivity index is 1.11. The lowest BCUT2D eigenvalue weighted by atomic mass is 10.0. The summed E-state index contributed by atoms with van der Waals surface area (Å²) in [4.78, 5) is 12.3. The molecule has 1 saturated heterocycles. The molecule has 2 fully saturated rings. The number of rotatable bonds is 10. The number of allylic oxidation sites excluding steroid dienone is 1. The van der Waals surface area contributed by atoms with E-state index in [1.54, 1.807) is 0 Å². The quantitative estimate of drug-likeness (QED) is 0.268. The van der Waals surface area contributed by atoms with Crippen LogP contribution < -0.4 is 15.4 Å². The molecule has 2 N–H and O–H groups in total. The summed E-state index contributed by atoms with van der Waals surface area (Å²) in [7, 11) is 0. The van der Waals surface area contributed by atoms with Gasteiger partial charge in [-0.05, 0) is 80.4 Å². The molecule has 0 spiro atoms. The van der Waals surface area contributed by atoms with E-state index in [1.807, 2.05) is 41.2 Å². The van der Waals surface area contributed by atoms with E-state index in [4.69, 9.17) is 19.8 Å². The van der Waals surface area contributed by atoms with Crippen LogP contribution >= 0.6 is 0 Å². The summed E-state index contributed by atoms with van der Waals surface area (Å²) in [5.74, 6) is 3.52. The zero-order valence-corrected chi connectivity index (χ0v) is 22.2. The first-order valence-electron chi connectivity index (χ1n) is 14.2. The van der Waals surface area contributed by atoms with Crippen molar-refractivity contribution in [3.8, 4) is 5.75 Å². The van der Waals surface area contributed by atoms with Crippen LogP contribution in [0.5, 0.6) is 5.75 Å². The van der Waals surface area contributed by atoms with Crippen molar-refractivity contribution in [2.45, 2.75) is 38.3 Å². The van der Waals surface area contributed by atoms with Crippen LogP contribution in [-0.2, 0) is 6.54 Å². The number of likely N-dealkylation sites (tertiary alicyclic amines) is 1. The monoisotopic (exact) mass is 521 g/mol. The zero-order valence-electron chi connectivity index (χ0n) is 22.2. The van der Waals surface area contributed by atoms with E-state index in [0.29, 0.717) is 37.0 Å². The Morgan fingerprint density at radius 1 is 0.923 bits per heavy atom. The molecular formula is C31H35N7O. The van der Waals surface area contributed by atoms with Gasteiger partial charge in [-0.1, -0.05) is 42.5 Å². The molecule has 1 aliphatic heterocycles. The lowest BCUT2D eigenvalue weighted by Crippen LogP contribution is -2.25. The first kappa shape index (κ1) is 24.2. The fourth-order valence-corrected chi connectivity index (χ4v) is 6.18. The topological polar surface area (TPSA) is 80.1 Å². The highest BCUT2D eigenvalue weighted by Crippen LogP contribution is 2.41. The fourth-order valence-electron chi connectivity index (χ4n) is 6.18. The van der Waals surface area contributed by atoms with E-state index in [9.17, 15) is 0 Å². The average Bonchev–Trinajstić information content (AvgIpc) is 3.77. The molecule has 8 heteroatoms. The van der Waals surface area contributed by atoms with Crippen molar-refractivity contribution in [3.63, 3.8) is 0 Å². The Morgan fingerprint density at radius 2 is 1.77 bits per heavy atom. The van der Waals surface area contributed by atoms with Crippen LogP contribution in [0, 0.1) is 11.8 Å². The van der Waals surface area contributed by atoms with Crippen molar-refractivity contribution >= 4 is 28.5 Å². The standard InChI is InChI=1S/C31H35N7O/c1-2-6-22(7-3-1)21-38-30-27(20-32-38)29(34-28-19-23-8-9-24(28)18-23)35-31(36-30)33-25-10-12-26(13-11-25)39-17-16-37-14-4-5-15-37/h1-3,6-13,20,23-24,28H,4-5,14-19,21H2,(H2,33,34,35,36)/t23?,24?,28-/m1/s1. The smallest absolute Gasteiger partial charge is 0.231 e. The van der Waals surface area contributed by atoms with Crippen LogP contribution in [0.2, 0.25) is 0 Å². The van der Waals surface area contributed by atoms with E-state index in [2.05, 4.69) is 52.0 Å². The molecule has 3 heterocycles. The highest BCUT2D eigenvalue weighted by molar-refractivity contribution is 5.88. The number of hydrogen-bond acceptors (Lipinski definition) is 7. The van der Waals surface area contributed by atoms with Crippen LogP contribution in [0.4, 0.5) is 17.5 Å². The van der Waals surface area contributed by atoms with Gasteiger partial charge in [-0.25, -0.2) is 4.68 Å². The van der Waals surface area contributed by atoms with Gasteiger partial charge in [-0.2, -0.15) is 15.1 Å². The van der Waals surface area contributed by atoms with Crippen molar-refractivity contribution in [1.82, 2.24) is 24.6 Å². The predicted octanol–water partition coefficient (Wildman–Crippen LogP) is 5.47. The van der Waals surface area contributed by atoms with Crippen LogP contribution in [0.15, 0.2) is 72.9 Å². The van der Waals surface area contributed by atoms with E-state index >= 15 is 0 Å². The molecule has 200 valence electrons. The van der Waals surface area contributed by atoms with Gasteiger partial charge in [0, 0.05) is 18.3 Å². The van der Waals surface area contributed by atoms with Crippen LogP contribution in [0.25, 0.3) is 11.0 Å². The predicted molar refractivity (Wildman–Crippen MR) is 155 cm³/mol. The Hall–Kier alpha value is -3.91. The Morgan fingerprint density at radius 3 is 2.54 bits per heavy atom. The minimum absolute atomic E-state index is 0.389. The number of nitrogens with zero attached hydrogens (tertiary/aromatic N) is 5. The molecule has 3 aliphatic rings. The van der Waals surface area contributed by atoms with Crippen LogP contribution in [0.1, 0.15) is 31.2 Å². The number of benzene rings is 2. The van der Waals surface area contributed by atoms with Gasteiger partial charge >= 0.3 is 0 Å². The Bertz CT molecular complexity index is 1440. The lowest BCUT2D eigenvalue weighted by molar-refractivity contribution is 0.238. The number of aromatic nitrogens is 4. The summed E-state index contributed by atoms with van der Waals surface area (Å²) >= 11 is 0. The lowest BCUT2D eigenvalue weighted by Gasteiger charge is -2.21. The van der Waals surface area contributed by atoms with Crippen molar-refractivity contribution in [2.75, 3.05) is 36.9 Å². The molecule has 39 heavy (non-hydrogen) atoms. The summed E-state index contributed by atoms with van der Waals surface area (Å²) in [6, 6.07) is 18.8. The maximum Gasteiger partial charge on any atom is 0.231 e. The van der Waals surface area contributed by atoms with Gasteiger partial charge < -0.3 is 15.4 Å². The SMILES string of the molecule is C1=CC2CC1C[C@H]2Nc1nc(Nc2ccc(OCCN3CCCC3)cc2)nc2c1cnn2Cc1ccccc1. The summed E-state index contributed by atoms with van der Waals surface area (Å²) in [6.45, 7) is 4.73. The molecule has 2 bridgehead atoms. The third-order valence-electron chi connectivity index (χ3n) is 8.26. The summed E-state index contributed by atoms with van der Waals surface area (Å²) in [5, 5.41) is 12.8. The molecule has 3 atom stereocenters. The number of fused-ring (bicyclic) bond motifs is 3. The minimum Gasteiger partial charge on any atom is -0.492 e. The van der Waals surface area contributed by atoms with E-state index in [0.717, 1.165) is 41.3 Å². The molecule has 2 unspecified atom stereocenters. The highest BCUT2D eigenvalue weighted by Gasteiger charge is 2.36. The number of nitrogens with one attached hydrogen (secondary N) is 2. The largest absolute Gasteiger partial charge is 0.492 e. The van der Waals surface area contributed by atoms with E-state index < -0.39 is 0 Å². The fraction of sp³-hybridized carbons (Fsp3) is 0.387. The molecule has 2 aromatic heterocycles. The molecule has 2 aliphatic carbocycles. The van der Waals surface area contributed by atoms with Gasteiger partial charge in [0.25, 0.3) is 0 Å².